The van der Waals surface area contributed by atoms with Gasteiger partial charge in [-0.15, -0.1) is 0 Å². The molecule has 2 rings (SSSR count). The van der Waals surface area contributed by atoms with Crippen molar-refractivity contribution >= 4 is 27.3 Å². The second-order valence-electron chi connectivity index (χ2n) is 3.36. The molecule has 0 saturated carbocycles. The van der Waals surface area contributed by atoms with Gasteiger partial charge in [-0.3, -0.25) is 0 Å². The van der Waals surface area contributed by atoms with Crippen molar-refractivity contribution in [2.75, 3.05) is 7.11 Å². The van der Waals surface area contributed by atoms with E-state index in [1.807, 2.05) is 12.1 Å². The molecule has 0 aliphatic carbocycles. The molecule has 0 aliphatic rings. The van der Waals surface area contributed by atoms with Crippen molar-refractivity contribution in [3.63, 3.8) is 0 Å². The first-order chi connectivity index (χ1) is 7.76. The molecule has 0 radical (unpaired) electrons. The van der Waals surface area contributed by atoms with Gasteiger partial charge in [-0.25, -0.2) is 0 Å². The predicted octanol–water partition coefficient (Wildman–Crippen LogP) is 3.64. The topological polar surface area (TPSA) is 35.2 Å². The van der Waals surface area contributed by atoms with Crippen LogP contribution in [-0.4, -0.2) is 7.11 Å². The van der Waals surface area contributed by atoms with Crippen LogP contribution in [-0.2, 0) is 6.54 Å². The van der Waals surface area contributed by atoms with Crippen molar-refractivity contribution in [1.82, 2.24) is 0 Å². The number of halogens is 1. The zero-order valence-corrected chi connectivity index (χ0v) is 11.3. The first kappa shape index (κ1) is 11.6. The van der Waals surface area contributed by atoms with Crippen molar-refractivity contribution in [2.45, 2.75) is 6.54 Å². The molecular weight excluding hydrogens is 286 g/mol. The minimum Gasteiger partial charge on any atom is -0.496 e. The number of methoxy groups -OCH3 is 1. The van der Waals surface area contributed by atoms with E-state index < -0.39 is 0 Å². The lowest BCUT2D eigenvalue weighted by molar-refractivity contribution is 0.416. The van der Waals surface area contributed by atoms with Crippen LogP contribution in [0.1, 0.15) is 5.56 Å². The molecule has 2 aromatic rings. The largest absolute Gasteiger partial charge is 0.496 e. The van der Waals surface area contributed by atoms with Gasteiger partial charge >= 0.3 is 0 Å². The number of benzene rings is 1. The Morgan fingerprint density at radius 1 is 1.31 bits per heavy atom. The van der Waals surface area contributed by atoms with E-state index in [4.69, 9.17) is 10.5 Å². The number of thiophene rings is 1. The Bertz CT molecular complexity index is 496. The second kappa shape index (κ2) is 4.99. The van der Waals surface area contributed by atoms with Crippen LogP contribution in [0.2, 0.25) is 0 Å². The Morgan fingerprint density at radius 2 is 2.12 bits per heavy atom. The number of hydrogen-bond donors (Lipinski definition) is 1. The van der Waals surface area contributed by atoms with Crippen LogP contribution in [0.25, 0.3) is 11.1 Å². The van der Waals surface area contributed by atoms with Crippen LogP contribution in [0.5, 0.6) is 5.75 Å². The molecule has 2 N–H and O–H groups in total. The standard InChI is InChI=1S/C12H12BrNOS/c1-15-12-3-2-9(13)4-10(12)11-7-16-6-8(11)5-14/h2-4,6-7H,5,14H2,1H3. The highest BCUT2D eigenvalue weighted by Crippen LogP contribution is 2.36. The molecule has 16 heavy (non-hydrogen) atoms. The van der Waals surface area contributed by atoms with Crippen LogP contribution < -0.4 is 10.5 Å². The summed E-state index contributed by atoms with van der Waals surface area (Å²) < 4.78 is 6.41. The van der Waals surface area contributed by atoms with Crippen LogP contribution in [0, 0.1) is 0 Å². The van der Waals surface area contributed by atoms with E-state index in [2.05, 4.69) is 32.8 Å². The van der Waals surface area contributed by atoms with Gasteiger partial charge in [-0.1, -0.05) is 15.9 Å². The lowest BCUT2D eigenvalue weighted by atomic mass is 10.0. The molecule has 0 atom stereocenters. The minimum atomic E-state index is 0.550. The Kier molecular flexibility index (Phi) is 3.63. The Morgan fingerprint density at radius 3 is 2.81 bits per heavy atom. The quantitative estimate of drug-likeness (QED) is 0.939. The fraction of sp³-hybridized carbons (Fsp3) is 0.167. The average Bonchev–Trinajstić information content (AvgIpc) is 2.76. The molecule has 0 spiro atoms. The normalized spacial score (nSPS) is 10.4. The van der Waals surface area contributed by atoms with E-state index in [1.54, 1.807) is 18.4 Å². The fourth-order valence-electron chi connectivity index (χ4n) is 1.61. The van der Waals surface area contributed by atoms with Gasteiger partial charge in [0.1, 0.15) is 5.75 Å². The Hall–Kier alpha value is -0.840. The summed E-state index contributed by atoms with van der Waals surface area (Å²) in [6.07, 6.45) is 0. The second-order valence-corrected chi connectivity index (χ2v) is 5.02. The first-order valence-electron chi connectivity index (χ1n) is 4.85. The maximum absolute atomic E-state index is 5.72. The molecular formula is C12H12BrNOS. The third kappa shape index (κ3) is 2.14. The van der Waals surface area contributed by atoms with Crippen LogP contribution in [0.3, 0.4) is 0 Å². The van der Waals surface area contributed by atoms with Gasteiger partial charge in [0, 0.05) is 22.1 Å². The van der Waals surface area contributed by atoms with Crippen molar-refractivity contribution < 1.29 is 4.74 Å². The molecule has 0 bridgehead atoms. The third-order valence-electron chi connectivity index (χ3n) is 2.41. The van der Waals surface area contributed by atoms with Gasteiger partial charge in [-0.05, 0) is 34.5 Å². The predicted molar refractivity (Wildman–Crippen MR) is 71.9 cm³/mol. The molecule has 1 heterocycles. The van der Waals surface area contributed by atoms with Crippen LogP contribution in [0.15, 0.2) is 33.4 Å². The Balaban J connectivity index is 2.58. The van der Waals surface area contributed by atoms with Crippen LogP contribution in [0.4, 0.5) is 0 Å². The van der Waals surface area contributed by atoms with Gasteiger partial charge < -0.3 is 10.5 Å². The van der Waals surface area contributed by atoms with Gasteiger partial charge in [0.2, 0.25) is 0 Å². The zero-order chi connectivity index (χ0) is 11.5. The fourth-order valence-corrected chi connectivity index (χ4v) is 2.84. The molecule has 0 saturated heterocycles. The lowest BCUT2D eigenvalue weighted by Crippen LogP contribution is -1.97. The summed E-state index contributed by atoms with van der Waals surface area (Å²) in [4.78, 5) is 0. The maximum atomic E-state index is 5.72. The summed E-state index contributed by atoms with van der Waals surface area (Å²) in [6, 6.07) is 5.98. The summed E-state index contributed by atoms with van der Waals surface area (Å²) in [6.45, 7) is 0.550. The van der Waals surface area contributed by atoms with Crippen molar-refractivity contribution in [3.05, 3.63) is 39.0 Å². The Labute approximate surface area is 107 Å². The summed E-state index contributed by atoms with van der Waals surface area (Å²) >= 11 is 5.13. The van der Waals surface area contributed by atoms with E-state index in [-0.39, 0.29) is 0 Å². The average molecular weight is 298 g/mol. The van der Waals surface area contributed by atoms with Gasteiger partial charge in [0.15, 0.2) is 0 Å². The van der Waals surface area contributed by atoms with E-state index in [0.29, 0.717) is 6.54 Å². The minimum absolute atomic E-state index is 0.550. The molecule has 2 nitrogen and oxygen atoms in total. The van der Waals surface area contributed by atoms with Gasteiger partial charge in [0.25, 0.3) is 0 Å². The summed E-state index contributed by atoms with van der Waals surface area (Å²) in [7, 11) is 1.68. The first-order valence-corrected chi connectivity index (χ1v) is 6.59. The van der Waals surface area contributed by atoms with Gasteiger partial charge in [0.05, 0.1) is 7.11 Å². The molecule has 1 aromatic carbocycles. The highest BCUT2D eigenvalue weighted by atomic mass is 79.9. The van der Waals surface area contributed by atoms with Gasteiger partial charge in [-0.2, -0.15) is 11.3 Å². The van der Waals surface area contributed by atoms with Crippen molar-refractivity contribution in [2.24, 2.45) is 5.73 Å². The highest BCUT2D eigenvalue weighted by Gasteiger charge is 2.10. The molecule has 0 fully saturated rings. The summed E-state index contributed by atoms with van der Waals surface area (Å²) in [5, 5.41) is 4.18. The number of ether oxygens (including phenoxy) is 1. The number of rotatable bonds is 3. The molecule has 0 aliphatic heterocycles. The number of hydrogen-bond acceptors (Lipinski definition) is 3. The molecule has 0 unspecified atom stereocenters. The lowest BCUT2D eigenvalue weighted by Gasteiger charge is -2.09. The smallest absolute Gasteiger partial charge is 0.126 e. The summed E-state index contributed by atoms with van der Waals surface area (Å²) in [5.74, 6) is 0.872. The molecule has 1 aromatic heterocycles. The van der Waals surface area contributed by atoms with E-state index in [1.165, 1.54) is 0 Å². The van der Waals surface area contributed by atoms with E-state index in [0.717, 1.165) is 26.9 Å². The zero-order valence-electron chi connectivity index (χ0n) is 8.87. The number of nitrogens with two attached hydrogens (primary N) is 1. The highest BCUT2D eigenvalue weighted by molar-refractivity contribution is 9.10. The molecule has 0 amide bonds. The SMILES string of the molecule is COc1ccc(Br)cc1-c1cscc1CN. The third-order valence-corrected chi connectivity index (χ3v) is 3.70. The van der Waals surface area contributed by atoms with Crippen molar-refractivity contribution in [1.29, 1.82) is 0 Å². The molecule has 84 valence electrons. The monoisotopic (exact) mass is 297 g/mol. The maximum Gasteiger partial charge on any atom is 0.126 e. The molecule has 4 heteroatoms. The van der Waals surface area contributed by atoms with E-state index in [9.17, 15) is 0 Å². The summed E-state index contributed by atoms with van der Waals surface area (Å²) in [5.41, 5.74) is 9.11. The van der Waals surface area contributed by atoms with Crippen molar-refractivity contribution in [3.8, 4) is 16.9 Å². The van der Waals surface area contributed by atoms with E-state index >= 15 is 0 Å². The van der Waals surface area contributed by atoms with Crippen LogP contribution >= 0.6 is 27.3 Å².